The summed E-state index contributed by atoms with van der Waals surface area (Å²) in [6, 6.07) is 7.38. The maximum atomic E-state index is 11.5. The molecule has 14 heavy (non-hydrogen) atoms. The van der Waals surface area contributed by atoms with Gasteiger partial charge in [-0.25, -0.2) is 5.43 Å². The highest BCUT2D eigenvalue weighted by atomic mass is 35.5. The lowest BCUT2D eigenvalue weighted by Crippen LogP contribution is -2.29. The van der Waals surface area contributed by atoms with Crippen LogP contribution >= 0.6 is 11.6 Å². The molecular weight excluding hydrogens is 200 g/mol. The van der Waals surface area contributed by atoms with Crippen molar-refractivity contribution >= 4 is 23.7 Å². The van der Waals surface area contributed by atoms with Gasteiger partial charge >= 0.3 is 0 Å². The van der Waals surface area contributed by atoms with Crippen molar-refractivity contribution in [3.05, 3.63) is 34.9 Å². The van der Waals surface area contributed by atoms with E-state index in [9.17, 15) is 4.79 Å². The van der Waals surface area contributed by atoms with E-state index in [0.717, 1.165) is 5.56 Å². The Balaban J connectivity index is 2.35. The third kappa shape index (κ3) is 1.63. The topological polar surface area (TPSA) is 41.5 Å². The molecule has 0 saturated heterocycles. The Bertz CT molecular complexity index is 389. The Morgan fingerprint density at radius 1 is 1.43 bits per heavy atom. The lowest BCUT2D eigenvalue weighted by atomic mass is 9.95. The molecular formula is C10H9ClN2O. The molecule has 0 fully saturated rings. The first-order chi connectivity index (χ1) is 6.79. The predicted molar refractivity (Wildman–Crippen MR) is 55.4 cm³/mol. The quantitative estimate of drug-likeness (QED) is 0.753. The molecule has 72 valence electrons. The van der Waals surface area contributed by atoms with Crippen molar-refractivity contribution < 1.29 is 4.79 Å². The molecule has 1 atom stereocenters. The number of halogens is 1. The van der Waals surface area contributed by atoms with Crippen molar-refractivity contribution in [1.29, 1.82) is 0 Å². The number of rotatable bonds is 1. The van der Waals surface area contributed by atoms with Gasteiger partial charge in [-0.1, -0.05) is 29.8 Å². The fourth-order valence-electron chi connectivity index (χ4n) is 1.48. The van der Waals surface area contributed by atoms with Gasteiger partial charge in [-0.15, -0.1) is 0 Å². The molecule has 1 N–H and O–H groups in total. The van der Waals surface area contributed by atoms with Gasteiger partial charge in [0.2, 0.25) is 5.91 Å². The van der Waals surface area contributed by atoms with Crippen LogP contribution in [0.15, 0.2) is 29.4 Å². The first-order valence-corrected chi connectivity index (χ1v) is 4.72. The summed E-state index contributed by atoms with van der Waals surface area (Å²) in [5.74, 6) is -0.304. The van der Waals surface area contributed by atoms with E-state index in [-0.39, 0.29) is 11.8 Å². The van der Waals surface area contributed by atoms with Gasteiger partial charge in [0.15, 0.2) is 0 Å². The zero-order chi connectivity index (χ0) is 9.97. The second-order valence-corrected chi connectivity index (χ2v) is 3.50. The molecule has 1 unspecified atom stereocenters. The summed E-state index contributed by atoms with van der Waals surface area (Å²) < 4.78 is 0. The summed E-state index contributed by atoms with van der Waals surface area (Å²) in [5, 5.41) is 4.32. The molecule has 1 aromatic carbocycles. The highest BCUT2D eigenvalue weighted by Gasteiger charge is 2.23. The van der Waals surface area contributed by atoms with Gasteiger partial charge in [-0.3, -0.25) is 4.79 Å². The van der Waals surface area contributed by atoms with Gasteiger partial charge < -0.3 is 0 Å². The van der Waals surface area contributed by atoms with E-state index in [2.05, 4.69) is 10.5 Å². The Morgan fingerprint density at radius 2 is 2.21 bits per heavy atom. The van der Waals surface area contributed by atoms with E-state index in [1.54, 1.807) is 12.3 Å². The molecule has 3 nitrogen and oxygen atoms in total. The molecule has 4 heteroatoms. The van der Waals surface area contributed by atoms with Crippen molar-refractivity contribution in [3.8, 4) is 0 Å². The number of nitrogens with one attached hydrogen (secondary N) is 1. The van der Waals surface area contributed by atoms with Crippen LogP contribution in [-0.4, -0.2) is 12.1 Å². The summed E-state index contributed by atoms with van der Waals surface area (Å²) in [6.45, 7) is 0. The predicted octanol–water partition coefficient (Wildman–Crippen LogP) is 1.93. The Morgan fingerprint density at radius 3 is 2.93 bits per heavy atom. The van der Waals surface area contributed by atoms with Crippen LogP contribution < -0.4 is 5.43 Å². The van der Waals surface area contributed by atoms with Crippen LogP contribution in [0.1, 0.15) is 17.9 Å². The van der Waals surface area contributed by atoms with Crippen molar-refractivity contribution in [3.63, 3.8) is 0 Å². The molecule has 0 spiro atoms. The van der Waals surface area contributed by atoms with Crippen molar-refractivity contribution in [2.45, 2.75) is 12.3 Å². The summed E-state index contributed by atoms with van der Waals surface area (Å²) in [7, 11) is 0. The SMILES string of the molecule is O=C1NN=CCC1c1ccccc1Cl. The van der Waals surface area contributed by atoms with Crippen LogP contribution in [0.5, 0.6) is 0 Å². The molecule has 0 bridgehead atoms. The minimum Gasteiger partial charge on any atom is -0.272 e. The molecule has 2 rings (SSSR count). The maximum absolute atomic E-state index is 11.5. The number of benzene rings is 1. The van der Waals surface area contributed by atoms with Crippen LogP contribution in [0.2, 0.25) is 5.02 Å². The monoisotopic (exact) mass is 208 g/mol. The van der Waals surface area contributed by atoms with E-state index < -0.39 is 0 Å². The van der Waals surface area contributed by atoms with E-state index in [1.807, 2.05) is 18.2 Å². The van der Waals surface area contributed by atoms with Crippen LogP contribution in [0.3, 0.4) is 0 Å². The Hall–Kier alpha value is -1.35. The normalized spacial score (nSPS) is 20.6. The number of carbonyl (C=O) groups excluding carboxylic acids is 1. The summed E-state index contributed by atoms with van der Waals surface area (Å²) >= 11 is 6.00. The van der Waals surface area contributed by atoms with Crippen molar-refractivity contribution in [2.75, 3.05) is 0 Å². The molecule has 0 aliphatic carbocycles. The molecule has 1 aromatic rings. The fraction of sp³-hybridized carbons (Fsp3) is 0.200. The van der Waals surface area contributed by atoms with E-state index in [0.29, 0.717) is 11.4 Å². The molecule has 0 aromatic heterocycles. The molecule has 1 heterocycles. The van der Waals surface area contributed by atoms with Gasteiger partial charge in [-0.05, 0) is 11.6 Å². The van der Waals surface area contributed by atoms with E-state index in [1.165, 1.54) is 0 Å². The molecule has 1 aliphatic heterocycles. The van der Waals surface area contributed by atoms with Crippen LogP contribution in [-0.2, 0) is 4.79 Å². The number of hydrazone groups is 1. The van der Waals surface area contributed by atoms with Gasteiger partial charge in [0, 0.05) is 17.7 Å². The maximum Gasteiger partial charge on any atom is 0.248 e. The number of hydrogen-bond donors (Lipinski definition) is 1. The lowest BCUT2D eigenvalue weighted by Gasteiger charge is -2.17. The van der Waals surface area contributed by atoms with Crippen molar-refractivity contribution in [1.82, 2.24) is 5.43 Å². The highest BCUT2D eigenvalue weighted by molar-refractivity contribution is 6.31. The second-order valence-electron chi connectivity index (χ2n) is 3.10. The number of amides is 1. The smallest absolute Gasteiger partial charge is 0.248 e. The lowest BCUT2D eigenvalue weighted by molar-refractivity contribution is -0.122. The van der Waals surface area contributed by atoms with Gasteiger partial charge in [-0.2, -0.15) is 5.10 Å². The molecule has 0 saturated carbocycles. The molecule has 0 radical (unpaired) electrons. The largest absolute Gasteiger partial charge is 0.272 e. The zero-order valence-electron chi connectivity index (χ0n) is 7.40. The first-order valence-electron chi connectivity index (χ1n) is 4.35. The highest BCUT2D eigenvalue weighted by Crippen LogP contribution is 2.27. The fourth-order valence-corrected chi connectivity index (χ4v) is 1.75. The average molecular weight is 209 g/mol. The van der Waals surface area contributed by atoms with E-state index in [4.69, 9.17) is 11.6 Å². The standard InChI is InChI=1S/C10H9ClN2O/c11-9-4-2-1-3-7(9)8-5-6-12-13-10(8)14/h1-4,6,8H,5H2,(H,13,14). The number of nitrogens with zero attached hydrogens (tertiary/aromatic N) is 1. The first kappa shape index (κ1) is 9.21. The van der Waals surface area contributed by atoms with E-state index >= 15 is 0 Å². The Labute approximate surface area is 86.8 Å². The third-order valence-corrected chi connectivity index (χ3v) is 2.55. The summed E-state index contributed by atoms with van der Waals surface area (Å²) in [5.41, 5.74) is 3.29. The third-order valence-electron chi connectivity index (χ3n) is 2.20. The van der Waals surface area contributed by atoms with Gasteiger partial charge in [0.25, 0.3) is 0 Å². The minimum atomic E-state index is -0.207. The summed E-state index contributed by atoms with van der Waals surface area (Å²) in [4.78, 5) is 11.5. The number of carbonyl (C=O) groups is 1. The van der Waals surface area contributed by atoms with Crippen LogP contribution in [0.4, 0.5) is 0 Å². The zero-order valence-corrected chi connectivity index (χ0v) is 8.16. The van der Waals surface area contributed by atoms with Gasteiger partial charge in [0.05, 0.1) is 5.92 Å². The van der Waals surface area contributed by atoms with Crippen LogP contribution in [0.25, 0.3) is 0 Å². The summed E-state index contributed by atoms with van der Waals surface area (Å²) in [6.07, 6.45) is 2.30. The van der Waals surface area contributed by atoms with Crippen molar-refractivity contribution in [2.24, 2.45) is 5.10 Å². The Kier molecular flexibility index (Phi) is 2.50. The number of hydrogen-bond acceptors (Lipinski definition) is 2. The van der Waals surface area contributed by atoms with Crippen LogP contribution in [0, 0.1) is 0 Å². The molecule has 1 amide bonds. The second kappa shape index (κ2) is 3.80. The average Bonchev–Trinajstić information content (AvgIpc) is 2.20. The van der Waals surface area contributed by atoms with Gasteiger partial charge in [0.1, 0.15) is 0 Å². The molecule has 1 aliphatic rings. The minimum absolute atomic E-state index is 0.0967.